The number of rotatable bonds is 4. The summed E-state index contributed by atoms with van der Waals surface area (Å²) in [4.78, 5) is 14.8. The van der Waals surface area contributed by atoms with E-state index in [1.54, 1.807) is 4.90 Å². The maximum atomic E-state index is 13.0. The van der Waals surface area contributed by atoms with E-state index in [0.29, 0.717) is 25.4 Å². The van der Waals surface area contributed by atoms with Gasteiger partial charge in [-0.2, -0.15) is 0 Å². The molecule has 7 heteroatoms. The summed E-state index contributed by atoms with van der Waals surface area (Å²) in [5.41, 5.74) is 1.68. The highest BCUT2D eigenvalue weighted by atomic mass is 16.8. The van der Waals surface area contributed by atoms with Gasteiger partial charge in [0.15, 0.2) is 5.79 Å². The second kappa shape index (κ2) is 8.75. The minimum atomic E-state index is -0.746. The Morgan fingerprint density at radius 1 is 1.24 bits per heavy atom. The Morgan fingerprint density at radius 2 is 1.94 bits per heavy atom. The van der Waals surface area contributed by atoms with Crippen molar-refractivity contribution in [3.8, 4) is 5.75 Å². The molecule has 7 nitrogen and oxygen atoms in total. The Bertz CT molecular complexity index is 876. The molecule has 1 N–H and O–H groups in total. The van der Waals surface area contributed by atoms with Crippen molar-refractivity contribution in [3.63, 3.8) is 0 Å². The van der Waals surface area contributed by atoms with E-state index in [1.807, 2.05) is 46.8 Å². The van der Waals surface area contributed by atoms with Gasteiger partial charge in [0.25, 0.3) is 0 Å². The smallest absolute Gasteiger partial charge is 0.410 e. The summed E-state index contributed by atoms with van der Waals surface area (Å²) in [6.45, 7) is 14.8. The first-order valence-corrected chi connectivity index (χ1v) is 12.1. The molecule has 2 heterocycles. The predicted molar refractivity (Wildman–Crippen MR) is 124 cm³/mol. The average molecular weight is 462 g/mol. The molecule has 1 saturated carbocycles. The zero-order valence-corrected chi connectivity index (χ0v) is 21.0. The molecular formula is C26H39NO6. The van der Waals surface area contributed by atoms with Crippen LogP contribution in [0.1, 0.15) is 78.4 Å². The molecule has 0 bridgehead atoms. The van der Waals surface area contributed by atoms with Crippen LogP contribution in [-0.4, -0.2) is 58.4 Å². The van der Waals surface area contributed by atoms with Crippen LogP contribution in [0, 0.1) is 5.92 Å². The lowest BCUT2D eigenvalue weighted by Crippen LogP contribution is -2.42. The van der Waals surface area contributed by atoms with Crippen LogP contribution in [0.5, 0.6) is 5.75 Å². The second-order valence-corrected chi connectivity index (χ2v) is 11.5. The molecule has 184 valence electrons. The number of hydrogen-bond acceptors (Lipinski definition) is 6. The molecule has 4 rings (SSSR count). The van der Waals surface area contributed by atoms with Crippen LogP contribution >= 0.6 is 0 Å². The van der Waals surface area contributed by atoms with E-state index in [-0.39, 0.29) is 24.2 Å². The molecule has 1 aromatic rings. The number of hydrogen-bond donors (Lipinski definition) is 1. The third-order valence-corrected chi connectivity index (χ3v) is 6.47. The Kier molecular flexibility index (Phi) is 6.44. The summed E-state index contributed by atoms with van der Waals surface area (Å²) in [6, 6.07) is 6.11. The van der Waals surface area contributed by atoms with Gasteiger partial charge in [-0.1, -0.05) is 26.0 Å². The summed E-state index contributed by atoms with van der Waals surface area (Å²) < 4.78 is 24.1. The number of carbonyl (C=O) groups excluding carboxylic acids is 1. The van der Waals surface area contributed by atoms with Crippen molar-refractivity contribution in [2.24, 2.45) is 5.92 Å². The Morgan fingerprint density at radius 3 is 2.61 bits per heavy atom. The van der Waals surface area contributed by atoms with E-state index in [0.717, 1.165) is 17.7 Å². The van der Waals surface area contributed by atoms with Gasteiger partial charge in [-0.25, -0.2) is 4.79 Å². The summed E-state index contributed by atoms with van der Waals surface area (Å²) in [5, 5.41) is 10.5. The second-order valence-electron chi connectivity index (χ2n) is 11.5. The number of amides is 1. The zero-order chi connectivity index (χ0) is 24.1. The average Bonchev–Trinajstić information content (AvgIpc) is 3.14. The van der Waals surface area contributed by atoms with Gasteiger partial charge in [0.2, 0.25) is 0 Å². The molecule has 2 fully saturated rings. The maximum absolute atomic E-state index is 13.0. The summed E-state index contributed by atoms with van der Waals surface area (Å²) in [5.74, 6) is 0.685. The molecule has 1 aliphatic carbocycles. The topological polar surface area (TPSA) is 77.5 Å². The van der Waals surface area contributed by atoms with Gasteiger partial charge in [0.05, 0.1) is 12.6 Å². The van der Waals surface area contributed by atoms with E-state index in [9.17, 15) is 9.90 Å². The zero-order valence-electron chi connectivity index (χ0n) is 21.0. The van der Waals surface area contributed by atoms with Gasteiger partial charge in [-0.3, -0.25) is 0 Å². The summed E-state index contributed by atoms with van der Waals surface area (Å²) >= 11 is 0. The minimum absolute atomic E-state index is 0.205. The number of benzene rings is 1. The van der Waals surface area contributed by atoms with Crippen molar-refractivity contribution < 1.29 is 28.8 Å². The minimum Gasteiger partial charge on any atom is -0.487 e. The molecule has 0 aromatic heterocycles. The predicted octanol–water partition coefficient (Wildman–Crippen LogP) is 4.60. The third-order valence-electron chi connectivity index (χ3n) is 6.47. The summed E-state index contributed by atoms with van der Waals surface area (Å²) in [7, 11) is 0. The van der Waals surface area contributed by atoms with Crippen molar-refractivity contribution in [1.82, 2.24) is 4.90 Å². The van der Waals surface area contributed by atoms with Crippen molar-refractivity contribution >= 4 is 6.09 Å². The molecule has 1 saturated heterocycles. The van der Waals surface area contributed by atoms with Gasteiger partial charge in [0.1, 0.15) is 29.7 Å². The molecule has 5 atom stereocenters. The molecule has 3 aliphatic rings. The van der Waals surface area contributed by atoms with Crippen LogP contribution in [0.25, 0.3) is 0 Å². The monoisotopic (exact) mass is 461 g/mol. The number of aliphatic hydroxyl groups excluding tert-OH is 1. The van der Waals surface area contributed by atoms with E-state index in [4.69, 9.17) is 18.9 Å². The first-order chi connectivity index (χ1) is 15.3. The van der Waals surface area contributed by atoms with Crippen molar-refractivity contribution in [2.75, 3.05) is 6.54 Å². The molecule has 1 aromatic carbocycles. The fourth-order valence-corrected chi connectivity index (χ4v) is 5.29. The van der Waals surface area contributed by atoms with Crippen molar-refractivity contribution in [2.45, 2.75) is 110 Å². The van der Waals surface area contributed by atoms with Gasteiger partial charge >= 0.3 is 6.09 Å². The highest BCUT2D eigenvalue weighted by Gasteiger charge is 2.55. The van der Waals surface area contributed by atoms with Crippen LogP contribution in [0.2, 0.25) is 0 Å². The maximum Gasteiger partial charge on any atom is 0.410 e. The third kappa shape index (κ3) is 5.31. The Hall–Kier alpha value is -1.83. The molecule has 33 heavy (non-hydrogen) atoms. The number of aliphatic hydroxyl groups is 1. The molecule has 1 amide bonds. The van der Waals surface area contributed by atoms with Gasteiger partial charge in [0, 0.05) is 24.4 Å². The standard InChI is InChI=1S/C26H39NO6/c1-15(2)11-16-13-27(24(29)33-25(3,4)5)14-18-17(16)9-8-10-20(18)30-21-12-19(28)22-23(21)32-26(6,7)31-22/h8-10,15-16,19,21-23,28H,11-14H2,1-7H3/t16?,19-,21+,22+,23-/m1/s1. The van der Waals surface area contributed by atoms with Crippen molar-refractivity contribution in [3.05, 3.63) is 29.3 Å². The van der Waals surface area contributed by atoms with E-state index in [1.165, 1.54) is 5.56 Å². The Labute approximate surface area is 197 Å². The van der Waals surface area contributed by atoms with Gasteiger partial charge < -0.3 is 29.0 Å². The quantitative estimate of drug-likeness (QED) is 0.706. The van der Waals surface area contributed by atoms with Crippen LogP contribution in [0.3, 0.4) is 0 Å². The molecule has 0 radical (unpaired) electrons. The van der Waals surface area contributed by atoms with Crippen LogP contribution < -0.4 is 4.74 Å². The molecule has 2 aliphatic heterocycles. The lowest BCUT2D eigenvalue weighted by atomic mass is 9.84. The molecule has 1 unspecified atom stereocenters. The van der Waals surface area contributed by atoms with Crippen LogP contribution in [-0.2, 0) is 20.8 Å². The van der Waals surface area contributed by atoms with E-state index in [2.05, 4.69) is 19.9 Å². The molecule has 0 spiro atoms. The highest BCUT2D eigenvalue weighted by molar-refractivity contribution is 5.69. The lowest BCUT2D eigenvalue weighted by molar-refractivity contribution is -0.170. The number of carbonyl (C=O) groups is 1. The number of ether oxygens (including phenoxy) is 4. The summed E-state index contributed by atoms with van der Waals surface area (Å²) in [6.07, 6.45) is -0.567. The fraction of sp³-hybridized carbons (Fsp3) is 0.731. The van der Waals surface area contributed by atoms with E-state index < -0.39 is 23.6 Å². The SMILES string of the molecule is CC(C)CC1CN(C(=O)OC(C)(C)C)Cc2c(O[C@H]3C[C@@H](O)[C@@H]4OC(C)(C)O[C@@H]43)cccc21. The highest BCUT2D eigenvalue weighted by Crippen LogP contribution is 2.43. The van der Waals surface area contributed by atoms with Gasteiger partial charge in [-0.15, -0.1) is 0 Å². The van der Waals surface area contributed by atoms with Crippen LogP contribution in [0.15, 0.2) is 18.2 Å². The normalized spacial score (nSPS) is 30.8. The fourth-order valence-electron chi connectivity index (χ4n) is 5.29. The molecular weight excluding hydrogens is 422 g/mol. The largest absolute Gasteiger partial charge is 0.487 e. The first kappa shape index (κ1) is 24.3. The number of fused-ring (bicyclic) bond motifs is 2. The van der Waals surface area contributed by atoms with Crippen molar-refractivity contribution in [1.29, 1.82) is 0 Å². The lowest BCUT2D eigenvalue weighted by Gasteiger charge is -2.37. The number of nitrogens with zero attached hydrogens (tertiary/aromatic N) is 1. The Balaban J connectivity index is 1.61. The van der Waals surface area contributed by atoms with E-state index >= 15 is 0 Å². The van der Waals surface area contributed by atoms with Crippen LogP contribution in [0.4, 0.5) is 4.79 Å². The van der Waals surface area contributed by atoms with Gasteiger partial charge in [-0.05, 0) is 58.6 Å². The first-order valence-electron chi connectivity index (χ1n) is 12.1.